The van der Waals surface area contributed by atoms with Crippen molar-refractivity contribution < 1.29 is 19.5 Å². The molecule has 1 aromatic heterocycles. The summed E-state index contributed by atoms with van der Waals surface area (Å²) in [5.74, 6) is -0.980. The van der Waals surface area contributed by atoms with Crippen LogP contribution in [-0.4, -0.2) is 65.6 Å². The number of aryl methyl sites for hydroxylation is 1. The molecule has 10 heteroatoms. The smallest absolute Gasteiger partial charge is 0.331 e. The van der Waals surface area contributed by atoms with Crippen molar-refractivity contribution in [2.24, 2.45) is 12.5 Å². The highest BCUT2D eigenvalue weighted by Crippen LogP contribution is 2.29. The predicted molar refractivity (Wildman–Crippen MR) is 170 cm³/mol. The van der Waals surface area contributed by atoms with Gasteiger partial charge in [0, 0.05) is 43.5 Å². The lowest BCUT2D eigenvalue weighted by Crippen LogP contribution is -2.55. The Bertz CT molecular complexity index is 1140. The van der Waals surface area contributed by atoms with E-state index in [1.165, 1.54) is 40.8 Å². The van der Waals surface area contributed by atoms with Gasteiger partial charge in [-0.3, -0.25) is 9.59 Å². The summed E-state index contributed by atoms with van der Waals surface area (Å²) in [6.45, 7) is 16.0. The second kappa shape index (κ2) is 17.7. The number of rotatable bonds is 9. The number of hydrogen-bond acceptors (Lipinski definition) is 6. The molecular weight excluding hydrogens is 526 g/mol. The van der Waals surface area contributed by atoms with Crippen molar-refractivity contribution in [3.63, 3.8) is 0 Å². The number of fused-ring (bicyclic) bond motifs is 1. The van der Waals surface area contributed by atoms with Crippen LogP contribution in [0, 0.1) is 5.41 Å². The maximum absolute atomic E-state index is 12.5. The van der Waals surface area contributed by atoms with E-state index in [1.807, 2.05) is 20.8 Å². The molecule has 4 N–H and O–H groups in total. The van der Waals surface area contributed by atoms with E-state index in [-0.39, 0.29) is 30.5 Å². The lowest BCUT2D eigenvalue weighted by molar-refractivity contribution is -0.137. The summed E-state index contributed by atoms with van der Waals surface area (Å²) in [6, 6.07) is 5.65. The largest absolute Gasteiger partial charge is 0.478 e. The van der Waals surface area contributed by atoms with Gasteiger partial charge in [-0.25, -0.2) is 4.79 Å². The molecule has 0 aliphatic rings. The Balaban J connectivity index is 0.000000726. The third-order valence-corrected chi connectivity index (χ3v) is 6.17. The van der Waals surface area contributed by atoms with Crippen LogP contribution in [0.1, 0.15) is 73.3 Å². The summed E-state index contributed by atoms with van der Waals surface area (Å²) in [5.41, 5.74) is 3.39. The number of thiol groups is 1. The fourth-order valence-corrected chi connectivity index (χ4v) is 3.78. The number of likely N-dealkylation sites (N-methyl/N-ethyl adjacent to an activating group) is 2. The molecule has 1 heterocycles. The zero-order valence-corrected chi connectivity index (χ0v) is 27.1. The maximum atomic E-state index is 12.5. The Labute approximate surface area is 246 Å². The number of carboxylic acids is 1. The molecule has 0 saturated heterocycles. The van der Waals surface area contributed by atoms with Crippen molar-refractivity contribution in [2.75, 3.05) is 31.9 Å². The van der Waals surface area contributed by atoms with Crippen LogP contribution in [0.4, 0.5) is 5.69 Å². The van der Waals surface area contributed by atoms with Crippen LogP contribution >= 0.6 is 12.8 Å². The van der Waals surface area contributed by atoms with Gasteiger partial charge in [0.2, 0.25) is 11.8 Å². The molecule has 226 valence electrons. The minimum absolute atomic E-state index is 0.127. The number of carbonyl (C=O) groups excluding carboxylic acids is 2. The average molecular weight is 578 g/mol. The zero-order valence-electron chi connectivity index (χ0n) is 26.2. The Morgan fingerprint density at radius 3 is 2.20 bits per heavy atom. The molecule has 9 nitrogen and oxygen atoms in total. The summed E-state index contributed by atoms with van der Waals surface area (Å²) in [4.78, 5) is 36.4. The number of nitrogens with zero attached hydrogens (tertiary/aromatic N) is 2. The van der Waals surface area contributed by atoms with Crippen molar-refractivity contribution in [1.29, 1.82) is 0 Å². The van der Waals surface area contributed by atoms with Gasteiger partial charge < -0.3 is 29.9 Å². The fraction of sp³-hybridized carbons (Fsp3) is 0.567. The SMILES string of the molecule is CC(C)c1cn(C)c2cc(NS)ccc12.CCC.CNCC(=O)NC(C(=O)N(C)C/C=C(\C)C(=O)O)C(C)(C)C. The van der Waals surface area contributed by atoms with E-state index in [1.54, 1.807) is 14.1 Å². The van der Waals surface area contributed by atoms with E-state index in [4.69, 9.17) is 5.11 Å². The van der Waals surface area contributed by atoms with E-state index in [2.05, 4.69) is 91.9 Å². The normalized spacial score (nSPS) is 12.1. The first-order valence-corrected chi connectivity index (χ1v) is 14.1. The number of hydrogen-bond donors (Lipinski definition) is 5. The molecular formula is C30H51N5O4S. The number of carboxylic acid groups (broad SMARTS) is 1. The number of aliphatic carboxylic acids is 1. The van der Waals surface area contributed by atoms with Crippen molar-refractivity contribution in [1.82, 2.24) is 20.1 Å². The Morgan fingerprint density at radius 1 is 1.18 bits per heavy atom. The molecule has 0 bridgehead atoms. The standard InChI is InChI=1S/C15H27N3O4.C12H16N2S.C3H8/c1-10(14(21)22)7-8-18(6)13(20)12(15(2,3)4)17-11(19)9-16-5;1-8(2)11-7-14(3)12-6-9(13-15)4-5-10(11)12;1-3-2/h7,12,16H,8-9H2,1-6H3,(H,17,19)(H,21,22);4-8,13,15H,1-3H3;3H2,1-2H3/b10-7+;;. The van der Waals surface area contributed by atoms with E-state index in [9.17, 15) is 14.4 Å². The van der Waals surface area contributed by atoms with E-state index in [0.717, 1.165) is 5.69 Å². The first-order valence-electron chi connectivity index (χ1n) is 13.6. The number of benzene rings is 1. The number of aromatic nitrogens is 1. The van der Waals surface area contributed by atoms with Gasteiger partial charge in [-0.15, -0.1) is 0 Å². The van der Waals surface area contributed by atoms with E-state index in [0.29, 0.717) is 5.92 Å². The monoisotopic (exact) mass is 577 g/mol. The van der Waals surface area contributed by atoms with Gasteiger partial charge in [0.1, 0.15) is 6.04 Å². The quantitative estimate of drug-likeness (QED) is 0.207. The lowest BCUT2D eigenvalue weighted by atomic mass is 9.85. The number of carbonyl (C=O) groups is 3. The highest BCUT2D eigenvalue weighted by Gasteiger charge is 2.34. The Kier molecular flexibility index (Phi) is 16.3. The summed E-state index contributed by atoms with van der Waals surface area (Å²) < 4.78 is 5.03. The van der Waals surface area contributed by atoms with Crippen LogP contribution in [0.5, 0.6) is 0 Å². The highest BCUT2D eigenvalue weighted by atomic mass is 32.1. The molecule has 0 aliphatic carbocycles. The molecule has 0 fully saturated rings. The van der Waals surface area contributed by atoms with Gasteiger partial charge in [-0.2, -0.15) is 0 Å². The third-order valence-electron chi connectivity index (χ3n) is 5.91. The van der Waals surface area contributed by atoms with Crippen LogP contribution in [0.25, 0.3) is 10.9 Å². The van der Waals surface area contributed by atoms with Gasteiger partial charge in [0.15, 0.2) is 0 Å². The minimum atomic E-state index is -1.02. The number of anilines is 1. The molecule has 0 saturated carbocycles. The molecule has 1 aromatic carbocycles. The highest BCUT2D eigenvalue weighted by molar-refractivity contribution is 7.81. The van der Waals surface area contributed by atoms with Gasteiger partial charge in [0.05, 0.1) is 12.1 Å². The topological polar surface area (TPSA) is 116 Å². The van der Waals surface area contributed by atoms with Gasteiger partial charge in [-0.1, -0.05) is 79.8 Å². The molecule has 1 unspecified atom stereocenters. The van der Waals surface area contributed by atoms with Crippen LogP contribution < -0.4 is 15.4 Å². The fourth-order valence-electron chi connectivity index (χ4n) is 3.64. The van der Waals surface area contributed by atoms with Gasteiger partial charge in [-0.05, 0) is 43.0 Å². The molecule has 2 rings (SSSR count). The second-order valence-electron chi connectivity index (χ2n) is 11.2. The van der Waals surface area contributed by atoms with Crippen LogP contribution in [0.15, 0.2) is 36.0 Å². The van der Waals surface area contributed by atoms with E-state index >= 15 is 0 Å². The van der Waals surface area contributed by atoms with Crippen molar-refractivity contribution in [2.45, 2.75) is 73.8 Å². The van der Waals surface area contributed by atoms with Crippen molar-refractivity contribution in [3.8, 4) is 0 Å². The summed E-state index contributed by atoms with van der Waals surface area (Å²) >= 11 is 4.06. The second-order valence-corrected chi connectivity index (χ2v) is 11.4. The Morgan fingerprint density at radius 2 is 1.75 bits per heavy atom. The third kappa shape index (κ3) is 12.0. The summed E-state index contributed by atoms with van der Waals surface area (Å²) in [6.07, 6.45) is 4.92. The number of amides is 2. The summed E-state index contributed by atoms with van der Waals surface area (Å²) in [7, 11) is 5.31. The molecule has 0 spiro atoms. The van der Waals surface area contributed by atoms with Gasteiger partial charge >= 0.3 is 5.97 Å². The van der Waals surface area contributed by atoms with E-state index < -0.39 is 17.4 Å². The first kappa shape index (κ1) is 37.0. The number of nitrogens with one attached hydrogen (secondary N) is 3. The van der Waals surface area contributed by atoms with Crippen molar-refractivity contribution in [3.05, 3.63) is 41.6 Å². The molecule has 2 amide bonds. The molecule has 2 aromatic rings. The average Bonchev–Trinajstić information content (AvgIpc) is 3.21. The zero-order chi connectivity index (χ0) is 31.2. The van der Waals surface area contributed by atoms with Crippen LogP contribution in [0.3, 0.4) is 0 Å². The Hall–Kier alpha value is -2.98. The van der Waals surface area contributed by atoms with Crippen molar-refractivity contribution >= 4 is 47.2 Å². The van der Waals surface area contributed by atoms with Crippen LogP contribution in [0.2, 0.25) is 0 Å². The molecule has 0 radical (unpaired) electrons. The lowest BCUT2D eigenvalue weighted by Gasteiger charge is -2.33. The maximum Gasteiger partial charge on any atom is 0.331 e. The summed E-state index contributed by atoms with van der Waals surface area (Å²) in [5, 5.41) is 15.6. The molecule has 1 atom stereocenters. The van der Waals surface area contributed by atoms with Gasteiger partial charge in [0.25, 0.3) is 0 Å². The van der Waals surface area contributed by atoms with Crippen LogP contribution in [-0.2, 0) is 21.4 Å². The molecule has 40 heavy (non-hydrogen) atoms. The molecule has 0 aliphatic heterocycles. The first-order chi connectivity index (χ1) is 18.5. The minimum Gasteiger partial charge on any atom is -0.478 e. The predicted octanol–water partition coefficient (Wildman–Crippen LogP) is 5.20.